The van der Waals surface area contributed by atoms with Gasteiger partial charge in [0.2, 0.25) is 0 Å². The molecule has 2 aromatic rings. The zero-order chi connectivity index (χ0) is 13.8. The van der Waals surface area contributed by atoms with Crippen molar-refractivity contribution < 1.29 is 4.39 Å². The second-order valence-electron chi connectivity index (χ2n) is 4.93. The van der Waals surface area contributed by atoms with Crippen molar-refractivity contribution in [3.05, 3.63) is 41.8 Å². The number of halogens is 1. The van der Waals surface area contributed by atoms with Gasteiger partial charge in [0.1, 0.15) is 11.6 Å². The van der Waals surface area contributed by atoms with E-state index in [1.54, 1.807) is 6.07 Å². The molecule has 100 valence electrons. The molecule has 3 nitrogen and oxygen atoms in total. The fraction of sp³-hybridized carbons (Fsp3) is 0.333. The highest BCUT2D eigenvalue weighted by Gasteiger charge is 2.08. The van der Waals surface area contributed by atoms with E-state index < -0.39 is 0 Å². The van der Waals surface area contributed by atoms with Crippen LogP contribution in [-0.4, -0.2) is 17.0 Å². The lowest BCUT2D eigenvalue weighted by molar-refractivity contribution is 0.627. The maximum absolute atomic E-state index is 13.3. The van der Waals surface area contributed by atoms with Crippen LogP contribution >= 0.6 is 0 Å². The second kappa shape index (κ2) is 5.78. The Bertz CT molecular complexity index is 567. The Morgan fingerprint density at radius 2 is 2.00 bits per heavy atom. The van der Waals surface area contributed by atoms with Crippen LogP contribution in [0.1, 0.15) is 19.5 Å². The van der Waals surface area contributed by atoms with Crippen LogP contribution in [-0.2, 0) is 6.42 Å². The van der Waals surface area contributed by atoms with E-state index in [-0.39, 0.29) is 5.82 Å². The van der Waals surface area contributed by atoms with Gasteiger partial charge in [-0.15, -0.1) is 0 Å². The number of hydrogen-bond donors (Lipinski definition) is 1. The minimum Gasteiger partial charge on any atom is -0.373 e. The molecular formula is C15H18FN3. The molecule has 0 amide bonds. The molecule has 0 saturated carbocycles. The van der Waals surface area contributed by atoms with Gasteiger partial charge in [-0.05, 0) is 24.5 Å². The normalized spacial score (nSPS) is 10.8. The van der Waals surface area contributed by atoms with E-state index in [9.17, 15) is 4.39 Å². The fourth-order valence-corrected chi connectivity index (χ4v) is 1.91. The molecule has 4 heteroatoms. The first-order chi connectivity index (χ1) is 9.08. The lowest BCUT2D eigenvalue weighted by atomic mass is 10.1. The maximum Gasteiger partial charge on any atom is 0.161 e. The van der Waals surface area contributed by atoms with Gasteiger partial charge in [0.05, 0.1) is 0 Å². The van der Waals surface area contributed by atoms with Crippen molar-refractivity contribution in [2.24, 2.45) is 5.92 Å². The molecule has 1 heterocycles. The number of nitrogens with zero attached hydrogens (tertiary/aromatic N) is 2. The monoisotopic (exact) mass is 259 g/mol. The second-order valence-corrected chi connectivity index (χ2v) is 4.93. The highest BCUT2D eigenvalue weighted by molar-refractivity contribution is 5.57. The highest BCUT2D eigenvalue weighted by Crippen LogP contribution is 2.20. The minimum atomic E-state index is -0.277. The molecule has 0 saturated heterocycles. The summed E-state index contributed by atoms with van der Waals surface area (Å²) in [6, 6.07) is 8.29. The molecule has 19 heavy (non-hydrogen) atoms. The van der Waals surface area contributed by atoms with E-state index in [2.05, 4.69) is 29.1 Å². The summed E-state index contributed by atoms with van der Waals surface area (Å²) in [5.74, 6) is 1.55. The third-order valence-corrected chi connectivity index (χ3v) is 2.74. The van der Waals surface area contributed by atoms with Crippen molar-refractivity contribution in [2.75, 3.05) is 12.4 Å². The number of benzene rings is 1. The van der Waals surface area contributed by atoms with E-state index in [0.717, 1.165) is 17.9 Å². The summed E-state index contributed by atoms with van der Waals surface area (Å²) in [4.78, 5) is 8.90. The Hall–Kier alpha value is -1.97. The summed E-state index contributed by atoms with van der Waals surface area (Å²) in [5.41, 5.74) is 1.66. The SMILES string of the molecule is CNc1cc(CC(C)C)nc(-c2cccc(F)c2)n1. The molecule has 0 spiro atoms. The average molecular weight is 259 g/mol. The summed E-state index contributed by atoms with van der Waals surface area (Å²) in [7, 11) is 1.82. The Kier molecular flexibility index (Phi) is 4.10. The molecule has 1 N–H and O–H groups in total. The first-order valence-electron chi connectivity index (χ1n) is 6.40. The molecular weight excluding hydrogens is 241 g/mol. The number of nitrogens with one attached hydrogen (secondary N) is 1. The van der Waals surface area contributed by atoms with Gasteiger partial charge in [-0.3, -0.25) is 0 Å². The molecule has 1 aromatic heterocycles. The van der Waals surface area contributed by atoms with Crippen molar-refractivity contribution in [1.29, 1.82) is 0 Å². The van der Waals surface area contributed by atoms with Crippen molar-refractivity contribution in [3.63, 3.8) is 0 Å². The molecule has 0 atom stereocenters. The molecule has 2 rings (SSSR count). The number of hydrogen-bond acceptors (Lipinski definition) is 3. The predicted molar refractivity (Wildman–Crippen MR) is 75.5 cm³/mol. The first-order valence-corrected chi connectivity index (χ1v) is 6.40. The lowest BCUT2D eigenvalue weighted by Crippen LogP contribution is -2.03. The van der Waals surface area contributed by atoms with Crippen LogP contribution in [0.2, 0.25) is 0 Å². The third kappa shape index (κ3) is 3.50. The van der Waals surface area contributed by atoms with E-state index >= 15 is 0 Å². The predicted octanol–water partition coefficient (Wildman–Crippen LogP) is 3.52. The van der Waals surface area contributed by atoms with E-state index in [1.807, 2.05) is 19.2 Å². The lowest BCUT2D eigenvalue weighted by Gasteiger charge is -2.09. The highest BCUT2D eigenvalue weighted by atomic mass is 19.1. The van der Waals surface area contributed by atoms with Gasteiger partial charge >= 0.3 is 0 Å². The van der Waals surface area contributed by atoms with Gasteiger partial charge in [0.25, 0.3) is 0 Å². The van der Waals surface area contributed by atoms with Crippen molar-refractivity contribution in [1.82, 2.24) is 9.97 Å². The molecule has 0 bridgehead atoms. The van der Waals surface area contributed by atoms with Gasteiger partial charge in [0.15, 0.2) is 5.82 Å². The van der Waals surface area contributed by atoms with Gasteiger partial charge in [0, 0.05) is 24.4 Å². The molecule has 0 aliphatic heterocycles. The topological polar surface area (TPSA) is 37.8 Å². The zero-order valence-electron chi connectivity index (χ0n) is 11.4. The molecule has 0 aliphatic carbocycles. The summed E-state index contributed by atoms with van der Waals surface area (Å²) in [6.45, 7) is 4.28. The van der Waals surface area contributed by atoms with Crippen LogP contribution in [0.5, 0.6) is 0 Å². The molecule has 0 aliphatic rings. The van der Waals surface area contributed by atoms with Crippen LogP contribution in [0.4, 0.5) is 10.2 Å². The quantitative estimate of drug-likeness (QED) is 0.912. The van der Waals surface area contributed by atoms with E-state index in [1.165, 1.54) is 12.1 Å². The Morgan fingerprint density at radius 3 is 2.63 bits per heavy atom. The third-order valence-electron chi connectivity index (χ3n) is 2.74. The Labute approximate surface area is 112 Å². The van der Waals surface area contributed by atoms with E-state index in [4.69, 9.17) is 0 Å². The minimum absolute atomic E-state index is 0.277. The Morgan fingerprint density at radius 1 is 1.21 bits per heavy atom. The fourth-order valence-electron chi connectivity index (χ4n) is 1.91. The number of anilines is 1. The van der Waals surface area contributed by atoms with E-state index in [0.29, 0.717) is 17.3 Å². The molecule has 0 radical (unpaired) electrons. The zero-order valence-corrected chi connectivity index (χ0v) is 11.4. The summed E-state index contributed by atoms with van der Waals surface area (Å²) in [6.07, 6.45) is 0.875. The number of aromatic nitrogens is 2. The summed E-state index contributed by atoms with van der Waals surface area (Å²) in [5, 5.41) is 3.02. The van der Waals surface area contributed by atoms with Gasteiger partial charge < -0.3 is 5.32 Å². The van der Waals surface area contributed by atoms with Crippen LogP contribution in [0.3, 0.4) is 0 Å². The van der Waals surface area contributed by atoms with Crippen molar-refractivity contribution >= 4 is 5.82 Å². The maximum atomic E-state index is 13.3. The molecule has 1 aromatic carbocycles. The number of rotatable bonds is 4. The smallest absolute Gasteiger partial charge is 0.161 e. The van der Waals surface area contributed by atoms with Crippen LogP contribution < -0.4 is 5.32 Å². The first kappa shape index (κ1) is 13.5. The Balaban J connectivity index is 2.44. The standard InChI is InChI=1S/C15H18FN3/c1-10(2)7-13-9-14(17-3)19-15(18-13)11-5-4-6-12(16)8-11/h4-6,8-10H,7H2,1-3H3,(H,17,18,19). The molecule has 0 fully saturated rings. The summed E-state index contributed by atoms with van der Waals surface area (Å²) >= 11 is 0. The van der Waals surface area contributed by atoms with Crippen molar-refractivity contribution in [3.8, 4) is 11.4 Å². The van der Waals surface area contributed by atoms with Gasteiger partial charge in [-0.2, -0.15) is 0 Å². The van der Waals surface area contributed by atoms with Crippen LogP contribution in [0.15, 0.2) is 30.3 Å². The van der Waals surface area contributed by atoms with Crippen molar-refractivity contribution in [2.45, 2.75) is 20.3 Å². The van der Waals surface area contributed by atoms with Gasteiger partial charge in [-0.25, -0.2) is 14.4 Å². The van der Waals surface area contributed by atoms with Crippen LogP contribution in [0, 0.1) is 11.7 Å². The molecule has 0 unspecified atom stereocenters. The average Bonchev–Trinajstić information content (AvgIpc) is 2.37. The van der Waals surface area contributed by atoms with Gasteiger partial charge in [-0.1, -0.05) is 26.0 Å². The van der Waals surface area contributed by atoms with Crippen LogP contribution in [0.25, 0.3) is 11.4 Å². The summed E-state index contributed by atoms with van der Waals surface area (Å²) < 4.78 is 13.3. The largest absolute Gasteiger partial charge is 0.373 e.